The van der Waals surface area contributed by atoms with Crippen molar-refractivity contribution in [3.8, 4) is 0 Å². The van der Waals surface area contributed by atoms with E-state index in [0.717, 1.165) is 36.6 Å². The van der Waals surface area contributed by atoms with Gasteiger partial charge in [0.25, 0.3) is 5.69 Å². The van der Waals surface area contributed by atoms with Crippen molar-refractivity contribution in [3.63, 3.8) is 0 Å². The molecule has 7 heteroatoms. The van der Waals surface area contributed by atoms with Gasteiger partial charge in [0.1, 0.15) is 12.0 Å². The zero-order valence-electron chi connectivity index (χ0n) is 10.5. The lowest BCUT2D eigenvalue weighted by Gasteiger charge is -2.27. The third-order valence-electron chi connectivity index (χ3n) is 3.39. The van der Waals surface area contributed by atoms with Crippen LogP contribution in [0.25, 0.3) is 0 Å². The molecule has 19 heavy (non-hydrogen) atoms. The summed E-state index contributed by atoms with van der Waals surface area (Å²) in [4.78, 5) is 16.7. The van der Waals surface area contributed by atoms with Crippen molar-refractivity contribution >= 4 is 11.5 Å². The van der Waals surface area contributed by atoms with Crippen molar-refractivity contribution in [2.75, 3.05) is 11.4 Å². The van der Waals surface area contributed by atoms with Crippen LogP contribution in [0.4, 0.5) is 11.5 Å². The maximum Gasteiger partial charge on any atom is 0.290 e. The van der Waals surface area contributed by atoms with Gasteiger partial charge in [-0.3, -0.25) is 15.2 Å². The smallest absolute Gasteiger partial charge is 0.290 e. The number of hydrogen-bond acceptors (Lipinski definition) is 5. The van der Waals surface area contributed by atoms with Crippen molar-refractivity contribution in [2.24, 2.45) is 0 Å². The lowest BCUT2D eigenvalue weighted by Crippen LogP contribution is -2.30. The number of aryl methyl sites for hydroxylation is 1. The minimum absolute atomic E-state index is 0.0600. The van der Waals surface area contributed by atoms with Crippen LogP contribution in [0, 0.1) is 17.0 Å². The molecule has 1 N–H and O–H groups in total. The third kappa shape index (κ3) is 2.03. The van der Waals surface area contributed by atoms with Gasteiger partial charge in [0.2, 0.25) is 0 Å². The summed E-state index contributed by atoms with van der Waals surface area (Å²) in [5.41, 5.74) is 3.01. The molecule has 2 aromatic heterocycles. The molecule has 2 aromatic rings. The average Bonchev–Trinajstić information content (AvgIpc) is 2.85. The summed E-state index contributed by atoms with van der Waals surface area (Å²) >= 11 is 0. The second-order valence-electron chi connectivity index (χ2n) is 4.63. The molecule has 3 rings (SSSR count). The van der Waals surface area contributed by atoms with Crippen molar-refractivity contribution in [2.45, 2.75) is 19.9 Å². The standard InChI is InChI=1S/C12H13N5O2/c1-8-4-12(13-6-11(8)17(18)19)16-3-2-10-9(7-16)5-14-15-10/h4-6H,2-3,7H2,1H3,(H,14,15). The number of rotatable bonds is 2. The van der Waals surface area contributed by atoms with Gasteiger partial charge in [0, 0.05) is 36.3 Å². The largest absolute Gasteiger partial charge is 0.352 e. The highest BCUT2D eigenvalue weighted by molar-refractivity contribution is 5.50. The molecule has 0 saturated heterocycles. The monoisotopic (exact) mass is 259 g/mol. The van der Waals surface area contributed by atoms with Gasteiger partial charge in [-0.05, 0) is 13.0 Å². The first-order valence-electron chi connectivity index (χ1n) is 6.02. The molecule has 0 atom stereocenters. The molecule has 98 valence electrons. The Bertz CT molecular complexity index is 637. The van der Waals surface area contributed by atoms with E-state index in [2.05, 4.69) is 20.1 Å². The fraction of sp³-hybridized carbons (Fsp3) is 0.333. The molecule has 0 radical (unpaired) electrons. The molecule has 0 saturated carbocycles. The molecule has 0 aliphatic carbocycles. The summed E-state index contributed by atoms with van der Waals surface area (Å²) in [6.45, 7) is 3.30. The molecular weight excluding hydrogens is 246 g/mol. The fourth-order valence-electron chi connectivity index (χ4n) is 2.32. The van der Waals surface area contributed by atoms with E-state index in [1.54, 1.807) is 13.0 Å². The first-order chi connectivity index (χ1) is 9.15. The maximum atomic E-state index is 10.8. The normalized spacial score (nSPS) is 14.3. The summed E-state index contributed by atoms with van der Waals surface area (Å²) in [5.74, 6) is 0.773. The van der Waals surface area contributed by atoms with Crippen LogP contribution in [0.2, 0.25) is 0 Å². The van der Waals surface area contributed by atoms with E-state index in [4.69, 9.17) is 0 Å². The number of H-pyrrole nitrogens is 1. The number of aromatic amines is 1. The van der Waals surface area contributed by atoms with Crippen LogP contribution in [0.3, 0.4) is 0 Å². The number of nitrogens with one attached hydrogen (secondary N) is 1. The highest BCUT2D eigenvalue weighted by Gasteiger charge is 2.20. The van der Waals surface area contributed by atoms with Gasteiger partial charge in [-0.15, -0.1) is 0 Å². The predicted octanol–water partition coefficient (Wildman–Crippen LogP) is 1.58. The van der Waals surface area contributed by atoms with Crippen LogP contribution >= 0.6 is 0 Å². The average molecular weight is 259 g/mol. The van der Waals surface area contributed by atoms with Crippen LogP contribution in [0.1, 0.15) is 16.8 Å². The Kier molecular flexibility index (Phi) is 2.66. The number of anilines is 1. The molecule has 0 bridgehead atoms. The number of nitrogens with zero attached hydrogens (tertiary/aromatic N) is 4. The minimum Gasteiger partial charge on any atom is -0.352 e. The fourth-order valence-corrected chi connectivity index (χ4v) is 2.32. The van der Waals surface area contributed by atoms with Crippen molar-refractivity contribution in [1.29, 1.82) is 0 Å². The van der Waals surface area contributed by atoms with E-state index in [9.17, 15) is 10.1 Å². The molecular formula is C12H13N5O2. The number of nitro groups is 1. The van der Waals surface area contributed by atoms with Crippen molar-refractivity contribution < 1.29 is 4.92 Å². The van der Waals surface area contributed by atoms with E-state index in [0.29, 0.717) is 5.56 Å². The molecule has 0 spiro atoms. The van der Waals surface area contributed by atoms with Gasteiger partial charge in [-0.1, -0.05) is 0 Å². The van der Waals surface area contributed by atoms with Gasteiger partial charge in [0.15, 0.2) is 0 Å². The molecule has 7 nitrogen and oxygen atoms in total. The lowest BCUT2D eigenvalue weighted by atomic mass is 10.1. The summed E-state index contributed by atoms with van der Waals surface area (Å²) in [5, 5.41) is 17.8. The summed E-state index contributed by atoms with van der Waals surface area (Å²) in [6, 6.07) is 1.77. The Morgan fingerprint density at radius 2 is 2.32 bits per heavy atom. The molecule has 3 heterocycles. The van der Waals surface area contributed by atoms with Gasteiger partial charge >= 0.3 is 0 Å². The van der Waals surface area contributed by atoms with Crippen LogP contribution < -0.4 is 4.90 Å². The summed E-state index contributed by atoms with van der Waals surface area (Å²) in [7, 11) is 0. The van der Waals surface area contributed by atoms with Crippen molar-refractivity contribution in [1.82, 2.24) is 15.2 Å². The van der Waals surface area contributed by atoms with Gasteiger partial charge in [-0.2, -0.15) is 5.10 Å². The summed E-state index contributed by atoms with van der Waals surface area (Å²) < 4.78 is 0. The molecule has 0 aromatic carbocycles. The number of fused-ring (bicyclic) bond motifs is 1. The van der Waals surface area contributed by atoms with Gasteiger partial charge < -0.3 is 4.90 Å². The zero-order chi connectivity index (χ0) is 13.4. The number of hydrogen-bond donors (Lipinski definition) is 1. The van der Waals surface area contributed by atoms with E-state index in [1.165, 1.54) is 6.20 Å². The Hall–Kier alpha value is -2.44. The predicted molar refractivity (Wildman–Crippen MR) is 69.0 cm³/mol. The van der Waals surface area contributed by atoms with E-state index >= 15 is 0 Å². The molecule has 1 aliphatic heterocycles. The third-order valence-corrected chi connectivity index (χ3v) is 3.39. The highest BCUT2D eigenvalue weighted by Crippen LogP contribution is 2.25. The Labute approximate surface area is 109 Å². The minimum atomic E-state index is -0.406. The Morgan fingerprint density at radius 3 is 3.05 bits per heavy atom. The number of pyridine rings is 1. The lowest BCUT2D eigenvalue weighted by molar-refractivity contribution is -0.385. The molecule has 0 amide bonds. The highest BCUT2D eigenvalue weighted by atomic mass is 16.6. The second kappa shape index (κ2) is 4.34. The second-order valence-corrected chi connectivity index (χ2v) is 4.63. The van der Waals surface area contributed by atoms with E-state index in [1.807, 2.05) is 6.20 Å². The molecule has 1 aliphatic rings. The maximum absolute atomic E-state index is 10.8. The van der Waals surface area contributed by atoms with Gasteiger partial charge in [-0.25, -0.2) is 4.98 Å². The van der Waals surface area contributed by atoms with Gasteiger partial charge in [0.05, 0.1) is 11.1 Å². The van der Waals surface area contributed by atoms with E-state index in [-0.39, 0.29) is 5.69 Å². The van der Waals surface area contributed by atoms with Crippen LogP contribution in [-0.4, -0.2) is 26.6 Å². The SMILES string of the molecule is Cc1cc(N2CCc3[nH]ncc3C2)ncc1[N+](=O)[O-]. The van der Waals surface area contributed by atoms with Crippen LogP contribution in [-0.2, 0) is 13.0 Å². The van der Waals surface area contributed by atoms with Crippen molar-refractivity contribution in [3.05, 3.63) is 45.4 Å². The van der Waals surface area contributed by atoms with E-state index < -0.39 is 4.92 Å². The van der Waals surface area contributed by atoms with Crippen LogP contribution in [0.15, 0.2) is 18.5 Å². The molecule has 0 fully saturated rings. The summed E-state index contributed by atoms with van der Waals surface area (Å²) in [6.07, 6.45) is 4.03. The first kappa shape index (κ1) is 11.6. The Balaban J connectivity index is 1.88. The molecule has 0 unspecified atom stereocenters. The quantitative estimate of drug-likeness (QED) is 0.653. The number of aromatic nitrogens is 3. The first-order valence-corrected chi connectivity index (χ1v) is 6.02. The zero-order valence-corrected chi connectivity index (χ0v) is 10.5. The topological polar surface area (TPSA) is 88.0 Å². The Morgan fingerprint density at radius 1 is 1.47 bits per heavy atom. The van der Waals surface area contributed by atoms with Crippen LogP contribution in [0.5, 0.6) is 0 Å².